The van der Waals surface area contributed by atoms with Crippen molar-refractivity contribution in [2.75, 3.05) is 0 Å². The zero-order valence-electron chi connectivity index (χ0n) is 11.6. The van der Waals surface area contributed by atoms with Crippen molar-refractivity contribution in [3.8, 4) is 5.75 Å². The maximum atomic E-state index is 10.2. The molecule has 1 heterocycles. The molecule has 3 N–H and O–H groups in total. The van der Waals surface area contributed by atoms with Gasteiger partial charge in [0.1, 0.15) is 5.75 Å². The van der Waals surface area contributed by atoms with Gasteiger partial charge in [-0.3, -0.25) is 0 Å². The summed E-state index contributed by atoms with van der Waals surface area (Å²) >= 11 is 0. The Balaban J connectivity index is 1.97. The van der Waals surface area contributed by atoms with Gasteiger partial charge in [0.15, 0.2) is 0 Å². The monoisotopic (exact) mass is 266 g/mol. The molecule has 0 saturated heterocycles. The Labute approximate surface area is 118 Å². The summed E-state index contributed by atoms with van der Waals surface area (Å²) < 4.78 is 0. The maximum absolute atomic E-state index is 10.2. The third-order valence-corrected chi connectivity index (χ3v) is 3.59. The molecule has 0 fully saturated rings. The summed E-state index contributed by atoms with van der Waals surface area (Å²) in [6.07, 6.45) is 2.10. The maximum Gasteiger partial charge on any atom is 0.127 e. The second-order valence-electron chi connectivity index (χ2n) is 5.22. The second kappa shape index (κ2) is 5.02. The van der Waals surface area contributed by atoms with Crippen LogP contribution in [0.15, 0.2) is 48.5 Å². The molecule has 1 atom stereocenters. The van der Waals surface area contributed by atoms with Crippen LogP contribution in [0.3, 0.4) is 0 Å². The first-order valence-corrected chi connectivity index (χ1v) is 6.74. The molecule has 102 valence electrons. The summed E-state index contributed by atoms with van der Waals surface area (Å²) in [6, 6.07) is 14.3. The summed E-state index contributed by atoms with van der Waals surface area (Å²) in [5.41, 5.74) is 11.4. The molecular weight excluding hydrogens is 248 g/mol. The highest BCUT2D eigenvalue weighted by atomic mass is 16.3. The van der Waals surface area contributed by atoms with Crippen molar-refractivity contribution in [2.45, 2.75) is 19.9 Å². The molecule has 3 nitrogen and oxygen atoms in total. The average Bonchev–Trinajstić information content (AvgIpc) is 2.93. The van der Waals surface area contributed by atoms with E-state index >= 15 is 0 Å². The lowest BCUT2D eigenvalue weighted by Crippen LogP contribution is -2.26. The Kier molecular flexibility index (Phi) is 3.20. The first-order chi connectivity index (χ1) is 9.65. The number of rotatable bonds is 2. The fourth-order valence-electron chi connectivity index (χ4n) is 2.57. The number of benzene rings is 2. The molecule has 3 rings (SSSR count). The SMILES string of the molecule is Cc1cc(C)c(O)c(C2=C[C@@H](c3ccccc3)NN2)c1. The van der Waals surface area contributed by atoms with Gasteiger partial charge in [-0.25, -0.2) is 5.43 Å². The number of hydrogen-bond acceptors (Lipinski definition) is 3. The molecule has 0 radical (unpaired) electrons. The Morgan fingerprint density at radius 1 is 1.05 bits per heavy atom. The van der Waals surface area contributed by atoms with Gasteiger partial charge in [-0.05, 0) is 42.7 Å². The van der Waals surface area contributed by atoms with Gasteiger partial charge in [0.2, 0.25) is 0 Å². The fourth-order valence-corrected chi connectivity index (χ4v) is 2.57. The van der Waals surface area contributed by atoms with Crippen LogP contribution in [0.25, 0.3) is 5.70 Å². The molecule has 0 aromatic heterocycles. The standard InChI is InChI=1S/C17H18N2O/c1-11-8-12(2)17(20)14(9-11)16-10-15(18-19-16)13-6-4-3-5-7-13/h3-10,15,18-20H,1-2H3/t15-/m0/s1. The third-order valence-electron chi connectivity index (χ3n) is 3.59. The molecule has 0 amide bonds. The van der Waals surface area contributed by atoms with Gasteiger partial charge in [0.25, 0.3) is 0 Å². The largest absolute Gasteiger partial charge is 0.507 e. The van der Waals surface area contributed by atoms with Crippen molar-refractivity contribution in [1.82, 2.24) is 10.9 Å². The molecule has 0 unspecified atom stereocenters. The zero-order valence-corrected chi connectivity index (χ0v) is 11.6. The lowest BCUT2D eigenvalue weighted by atomic mass is 10.0. The Bertz CT molecular complexity index is 662. The summed E-state index contributed by atoms with van der Waals surface area (Å²) in [5, 5.41) is 10.2. The van der Waals surface area contributed by atoms with Crippen LogP contribution in [-0.4, -0.2) is 5.11 Å². The highest BCUT2D eigenvalue weighted by Gasteiger charge is 2.19. The minimum Gasteiger partial charge on any atom is -0.507 e. The number of phenolic OH excluding ortho intramolecular Hbond substituents is 1. The summed E-state index contributed by atoms with van der Waals surface area (Å²) in [5.74, 6) is 0.338. The van der Waals surface area contributed by atoms with Crippen molar-refractivity contribution in [3.63, 3.8) is 0 Å². The number of aromatic hydroxyl groups is 1. The minimum atomic E-state index is 0.117. The van der Waals surface area contributed by atoms with E-state index in [4.69, 9.17) is 0 Å². The average molecular weight is 266 g/mol. The van der Waals surface area contributed by atoms with Crippen molar-refractivity contribution in [2.24, 2.45) is 0 Å². The number of phenols is 1. The predicted octanol–water partition coefficient (Wildman–Crippen LogP) is 3.20. The van der Waals surface area contributed by atoms with Crippen LogP contribution in [0.1, 0.15) is 28.3 Å². The van der Waals surface area contributed by atoms with E-state index in [1.54, 1.807) is 0 Å². The van der Waals surface area contributed by atoms with E-state index in [0.717, 1.165) is 22.4 Å². The number of hydrogen-bond donors (Lipinski definition) is 3. The number of nitrogens with one attached hydrogen (secondary N) is 2. The second-order valence-corrected chi connectivity index (χ2v) is 5.22. The molecule has 1 aliphatic rings. The molecule has 0 spiro atoms. The van der Waals surface area contributed by atoms with Gasteiger partial charge >= 0.3 is 0 Å². The van der Waals surface area contributed by atoms with Crippen LogP contribution < -0.4 is 10.9 Å². The van der Waals surface area contributed by atoms with E-state index in [9.17, 15) is 5.11 Å². The molecule has 0 aliphatic carbocycles. The topological polar surface area (TPSA) is 44.3 Å². The molecule has 3 heteroatoms. The molecule has 2 aromatic carbocycles. The van der Waals surface area contributed by atoms with Crippen molar-refractivity contribution < 1.29 is 5.11 Å². The Morgan fingerprint density at radius 3 is 2.55 bits per heavy atom. The smallest absolute Gasteiger partial charge is 0.127 e. The summed E-state index contributed by atoms with van der Waals surface area (Å²) in [6.45, 7) is 3.96. The van der Waals surface area contributed by atoms with Crippen LogP contribution in [0.2, 0.25) is 0 Å². The normalized spacial score (nSPS) is 17.7. The van der Waals surface area contributed by atoms with Gasteiger partial charge in [0.05, 0.1) is 11.7 Å². The quantitative estimate of drug-likeness (QED) is 0.782. The van der Waals surface area contributed by atoms with E-state index in [-0.39, 0.29) is 6.04 Å². The fraction of sp³-hybridized carbons (Fsp3) is 0.176. The minimum absolute atomic E-state index is 0.117. The first-order valence-electron chi connectivity index (χ1n) is 6.74. The van der Waals surface area contributed by atoms with E-state index < -0.39 is 0 Å². The Morgan fingerprint density at radius 2 is 1.80 bits per heavy atom. The first kappa shape index (κ1) is 12.8. The summed E-state index contributed by atoms with van der Waals surface area (Å²) in [7, 11) is 0. The number of aryl methyl sites for hydroxylation is 2. The number of hydrazine groups is 1. The van der Waals surface area contributed by atoms with Crippen molar-refractivity contribution in [1.29, 1.82) is 0 Å². The van der Waals surface area contributed by atoms with E-state index in [1.165, 1.54) is 5.56 Å². The molecule has 0 saturated carbocycles. The van der Waals surface area contributed by atoms with E-state index in [0.29, 0.717) is 5.75 Å². The van der Waals surface area contributed by atoms with Crippen LogP contribution in [0.5, 0.6) is 5.75 Å². The van der Waals surface area contributed by atoms with Crippen LogP contribution in [0.4, 0.5) is 0 Å². The van der Waals surface area contributed by atoms with Gasteiger partial charge in [0, 0.05) is 5.56 Å². The Hall–Kier alpha value is -2.26. The van der Waals surface area contributed by atoms with E-state index in [2.05, 4.69) is 29.1 Å². The molecular formula is C17H18N2O. The molecule has 20 heavy (non-hydrogen) atoms. The van der Waals surface area contributed by atoms with Gasteiger partial charge in [-0.15, -0.1) is 0 Å². The lowest BCUT2D eigenvalue weighted by molar-refractivity contribution is 0.468. The zero-order chi connectivity index (χ0) is 14.1. The van der Waals surface area contributed by atoms with Crippen LogP contribution >= 0.6 is 0 Å². The lowest BCUT2D eigenvalue weighted by Gasteiger charge is -2.11. The molecule has 0 bridgehead atoms. The van der Waals surface area contributed by atoms with Gasteiger partial charge < -0.3 is 10.5 Å². The molecule has 2 aromatic rings. The van der Waals surface area contributed by atoms with Crippen LogP contribution in [-0.2, 0) is 0 Å². The van der Waals surface area contributed by atoms with E-state index in [1.807, 2.05) is 44.2 Å². The van der Waals surface area contributed by atoms with Crippen LogP contribution in [0, 0.1) is 13.8 Å². The van der Waals surface area contributed by atoms with Crippen molar-refractivity contribution >= 4 is 5.70 Å². The molecule has 1 aliphatic heterocycles. The van der Waals surface area contributed by atoms with Gasteiger partial charge in [-0.1, -0.05) is 36.4 Å². The predicted molar refractivity (Wildman–Crippen MR) is 81.0 cm³/mol. The van der Waals surface area contributed by atoms with Crippen molar-refractivity contribution in [3.05, 3.63) is 70.8 Å². The highest BCUT2D eigenvalue weighted by molar-refractivity contribution is 5.72. The highest BCUT2D eigenvalue weighted by Crippen LogP contribution is 2.32. The summed E-state index contributed by atoms with van der Waals surface area (Å²) in [4.78, 5) is 0. The third kappa shape index (κ3) is 2.28. The van der Waals surface area contributed by atoms with Gasteiger partial charge in [-0.2, -0.15) is 0 Å².